The van der Waals surface area contributed by atoms with Gasteiger partial charge in [0.25, 0.3) is 0 Å². The number of carbonyl (C=O) groups excluding carboxylic acids is 2. The summed E-state index contributed by atoms with van der Waals surface area (Å²) >= 11 is 0. The fraction of sp³-hybridized carbons (Fsp3) is 0.667. The summed E-state index contributed by atoms with van der Waals surface area (Å²) in [6.07, 6.45) is 8.38. The van der Waals surface area contributed by atoms with Gasteiger partial charge in [-0.1, -0.05) is 49.6 Å². The van der Waals surface area contributed by atoms with E-state index in [0.717, 1.165) is 24.9 Å². The van der Waals surface area contributed by atoms with Crippen LogP contribution in [0.3, 0.4) is 0 Å². The van der Waals surface area contributed by atoms with Gasteiger partial charge in [-0.05, 0) is 37.2 Å². The molecule has 1 aromatic carbocycles. The van der Waals surface area contributed by atoms with Crippen LogP contribution in [0.25, 0.3) is 0 Å². The van der Waals surface area contributed by atoms with Crippen molar-refractivity contribution in [2.45, 2.75) is 56.9 Å². The third-order valence-corrected chi connectivity index (χ3v) is 6.71. The van der Waals surface area contributed by atoms with Gasteiger partial charge >= 0.3 is 6.03 Å². The Labute approximate surface area is 179 Å². The number of benzene rings is 1. The molecular formula is C24H35N3O3. The van der Waals surface area contributed by atoms with E-state index >= 15 is 0 Å². The van der Waals surface area contributed by atoms with Gasteiger partial charge in [0.05, 0.1) is 19.1 Å². The highest BCUT2D eigenvalue weighted by molar-refractivity contribution is 5.85. The van der Waals surface area contributed by atoms with Crippen LogP contribution in [0.5, 0.6) is 0 Å². The third-order valence-electron chi connectivity index (χ3n) is 6.71. The highest BCUT2D eigenvalue weighted by Gasteiger charge is 2.33. The molecule has 1 atom stereocenters. The van der Waals surface area contributed by atoms with E-state index in [1.165, 1.54) is 32.1 Å². The van der Waals surface area contributed by atoms with Crippen LogP contribution in [-0.4, -0.2) is 67.2 Å². The lowest BCUT2D eigenvalue weighted by Crippen LogP contribution is -2.50. The van der Waals surface area contributed by atoms with Crippen molar-refractivity contribution in [1.29, 1.82) is 0 Å². The quantitative estimate of drug-likeness (QED) is 0.745. The standard InChI is InChI=1S/C24H35N3O3/c28-23(26-13-15-30-16-14-26)22(20-7-3-1-4-8-20)17-25-24(29)27(18-19-11-12-19)21-9-5-2-6-10-21/h1,3-4,7-8,19,21-22H,2,5-6,9-18H2,(H,25,29). The number of hydrogen-bond donors (Lipinski definition) is 1. The molecule has 3 aliphatic rings. The second-order valence-electron chi connectivity index (χ2n) is 8.97. The van der Waals surface area contributed by atoms with Gasteiger partial charge in [-0.15, -0.1) is 0 Å². The van der Waals surface area contributed by atoms with Crippen molar-refractivity contribution < 1.29 is 14.3 Å². The van der Waals surface area contributed by atoms with Gasteiger partial charge < -0.3 is 19.9 Å². The number of rotatable bonds is 7. The van der Waals surface area contributed by atoms with Crippen molar-refractivity contribution in [3.05, 3.63) is 35.9 Å². The van der Waals surface area contributed by atoms with Crippen LogP contribution in [0.1, 0.15) is 56.4 Å². The summed E-state index contributed by atoms with van der Waals surface area (Å²) in [7, 11) is 0. The average molecular weight is 414 g/mol. The number of hydrogen-bond acceptors (Lipinski definition) is 3. The molecule has 4 rings (SSSR count). The molecule has 164 valence electrons. The summed E-state index contributed by atoms with van der Waals surface area (Å²) in [6.45, 7) is 3.60. The summed E-state index contributed by atoms with van der Waals surface area (Å²) in [5.41, 5.74) is 0.959. The van der Waals surface area contributed by atoms with Crippen LogP contribution in [0.4, 0.5) is 4.79 Å². The van der Waals surface area contributed by atoms with Crippen LogP contribution in [0.15, 0.2) is 30.3 Å². The Morgan fingerprint density at radius 1 is 1.03 bits per heavy atom. The minimum Gasteiger partial charge on any atom is -0.378 e. The van der Waals surface area contributed by atoms with Gasteiger partial charge in [0.1, 0.15) is 0 Å². The molecule has 3 amide bonds. The lowest BCUT2D eigenvalue weighted by atomic mass is 9.94. The Hall–Kier alpha value is -2.08. The predicted molar refractivity (Wildman–Crippen MR) is 116 cm³/mol. The smallest absolute Gasteiger partial charge is 0.317 e. The second-order valence-corrected chi connectivity index (χ2v) is 8.97. The van der Waals surface area contributed by atoms with E-state index in [0.29, 0.717) is 44.8 Å². The second kappa shape index (κ2) is 10.3. The predicted octanol–water partition coefficient (Wildman–Crippen LogP) is 3.38. The molecule has 0 spiro atoms. The van der Waals surface area contributed by atoms with Crippen molar-refractivity contribution in [2.24, 2.45) is 5.92 Å². The first-order valence-corrected chi connectivity index (χ1v) is 11.7. The zero-order valence-electron chi connectivity index (χ0n) is 17.9. The molecule has 1 unspecified atom stereocenters. The first kappa shape index (κ1) is 21.2. The number of ether oxygens (including phenoxy) is 1. The fourth-order valence-corrected chi connectivity index (χ4v) is 4.70. The van der Waals surface area contributed by atoms with Gasteiger partial charge in [0.15, 0.2) is 0 Å². The molecule has 30 heavy (non-hydrogen) atoms. The Morgan fingerprint density at radius 2 is 1.73 bits per heavy atom. The van der Waals surface area contributed by atoms with E-state index in [-0.39, 0.29) is 17.9 Å². The molecule has 6 nitrogen and oxygen atoms in total. The summed E-state index contributed by atoms with van der Waals surface area (Å²) in [6, 6.07) is 10.2. The molecule has 0 bridgehead atoms. The van der Waals surface area contributed by atoms with Gasteiger partial charge in [-0.3, -0.25) is 4.79 Å². The normalized spacial score (nSPS) is 21.1. The molecule has 6 heteroatoms. The maximum atomic E-state index is 13.3. The Morgan fingerprint density at radius 3 is 2.40 bits per heavy atom. The maximum Gasteiger partial charge on any atom is 0.317 e. The number of amides is 3. The van der Waals surface area contributed by atoms with E-state index in [4.69, 9.17) is 4.74 Å². The van der Waals surface area contributed by atoms with Crippen molar-refractivity contribution in [3.8, 4) is 0 Å². The number of nitrogens with one attached hydrogen (secondary N) is 1. The van der Waals surface area contributed by atoms with Crippen molar-refractivity contribution >= 4 is 11.9 Å². The van der Waals surface area contributed by atoms with Crippen LogP contribution in [0.2, 0.25) is 0 Å². The maximum absolute atomic E-state index is 13.3. The van der Waals surface area contributed by atoms with Gasteiger partial charge in [0.2, 0.25) is 5.91 Å². The van der Waals surface area contributed by atoms with Crippen LogP contribution in [-0.2, 0) is 9.53 Å². The molecule has 1 heterocycles. The zero-order valence-corrected chi connectivity index (χ0v) is 17.9. The van der Waals surface area contributed by atoms with Crippen molar-refractivity contribution in [3.63, 3.8) is 0 Å². The Kier molecular flexibility index (Phi) is 7.26. The Balaban J connectivity index is 1.43. The van der Waals surface area contributed by atoms with Gasteiger partial charge in [-0.25, -0.2) is 4.79 Å². The van der Waals surface area contributed by atoms with E-state index in [9.17, 15) is 9.59 Å². The van der Waals surface area contributed by atoms with Crippen molar-refractivity contribution in [1.82, 2.24) is 15.1 Å². The number of morpholine rings is 1. The zero-order chi connectivity index (χ0) is 20.8. The third kappa shape index (κ3) is 5.54. The molecule has 0 radical (unpaired) electrons. The molecule has 2 aliphatic carbocycles. The van der Waals surface area contributed by atoms with E-state index in [1.54, 1.807) is 0 Å². The molecule has 1 N–H and O–H groups in total. The van der Waals surface area contributed by atoms with Crippen LogP contribution in [0, 0.1) is 5.92 Å². The lowest BCUT2D eigenvalue weighted by molar-refractivity contribution is -0.136. The lowest BCUT2D eigenvalue weighted by Gasteiger charge is -2.35. The molecule has 0 aromatic heterocycles. The van der Waals surface area contributed by atoms with Gasteiger partial charge in [0, 0.05) is 32.2 Å². The molecule has 1 aliphatic heterocycles. The molecular weight excluding hydrogens is 378 g/mol. The van der Waals surface area contributed by atoms with E-state index < -0.39 is 0 Å². The summed E-state index contributed by atoms with van der Waals surface area (Å²) in [5, 5.41) is 3.14. The van der Waals surface area contributed by atoms with Crippen molar-refractivity contribution in [2.75, 3.05) is 39.4 Å². The molecule has 1 saturated heterocycles. The van der Waals surface area contributed by atoms with E-state index in [2.05, 4.69) is 10.2 Å². The van der Waals surface area contributed by atoms with Gasteiger partial charge in [-0.2, -0.15) is 0 Å². The largest absolute Gasteiger partial charge is 0.378 e. The number of nitrogens with zero attached hydrogens (tertiary/aromatic N) is 2. The SMILES string of the molecule is O=C(C(CNC(=O)N(CC1CC1)C1CCCCC1)c1ccccc1)N1CCOCC1. The van der Waals surface area contributed by atoms with Crippen LogP contribution < -0.4 is 5.32 Å². The molecule has 3 fully saturated rings. The first-order chi connectivity index (χ1) is 14.7. The number of urea groups is 1. The summed E-state index contributed by atoms with van der Waals surface area (Å²) in [4.78, 5) is 30.4. The minimum absolute atomic E-state index is 0.00417. The highest BCUT2D eigenvalue weighted by Crippen LogP contribution is 2.32. The van der Waals surface area contributed by atoms with Crippen LogP contribution >= 0.6 is 0 Å². The molecule has 2 saturated carbocycles. The molecule has 1 aromatic rings. The van der Waals surface area contributed by atoms with E-state index in [1.807, 2.05) is 35.2 Å². The Bertz CT molecular complexity index is 695. The topological polar surface area (TPSA) is 61.9 Å². The first-order valence-electron chi connectivity index (χ1n) is 11.7. The summed E-state index contributed by atoms with van der Waals surface area (Å²) in [5.74, 6) is 0.385. The number of carbonyl (C=O) groups is 2. The minimum atomic E-state index is -0.359. The summed E-state index contributed by atoms with van der Waals surface area (Å²) < 4.78 is 5.40. The fourth-order valence-electron chi connectivity index (χ4n) is 4.70. The average Bonchev–Trinajstić information content (AvgIpc) is 3.63. The highest BCUT2D eigenvalue weighted by atomic mass is 16.5. The monoisotopic (exact) mass is 413 g/mol.